The van der Waals surface area contributed by atoms with E-state index >= 15 is 0 Å². The number of pyridine rings is 1. The van der Waals surface area contributed by atoms with Gasteiger partial charge in [0.2, 0.25) is 5.88 Å². The molecule has 1 aliphatic rings. The summed E-state index contributed by atoms with van der Waals surface area (Å²) in [5, 5.41) is 0. The molecule has 19 heavy (non-hydrogen) atoms. The second-order valence-corrected chi connectivity index (χ2v) is 7.78. The molecule has 0 radical (unpaired) electrons. The van der Waals surface area contributed by atoms with E-state index in [2.05, 4.69) is 22.7 Å². The molecule has 0 saturated carbocycles. The lowest BCUT2D eigenvalue weighted by atomic mass is 10.0. The topological polar surface area (TPSA) is 57.2 Å². The number of nitrogens with one attached hydrogen (secondary N) is 1. The highest BCUT2D eigenvalue weighted by Crippen LogP contribution is 2.32. The molecular formula is C14H22N2O2S. The lowest BCUT2D eigenvalue weighted by Gasteiger charge is -2.30. The quantitative estimate of drug-likeness (QED) is 0.866. The van der Waals surface area contributed by atoms with E-state index in [1.807, 2.05) is 27.0 Å². The Kier molecular flexibility index (Phi) is 4.38. The maximum Gasteiger partial charge on any atom is 0.218 e. The summed E-state index contributed by atoms with van der Waals surface area (Å²) in [5.74, 6) is 0.673. The van der Waals surface area contributed by atoms with Crippen LogP contribution in [0.1, 0.15) is 51.3 Å². The van der Waals surface area contributed by atoms with Gasteiger partial charge in [0.05, 0.1) is 12.6 Å². The van der Waals surface area contributed by atoms with Gasteiger partial charge in [-0.3, -0.25) is 0 Å². The molecule has 0 saturated heterocycles. The number of hydrogen-bond acceptors (Lipinski definition) is 4. The van der Waals surface area contributed by atoms with Gasteiger partial charge in [0.15, 0.2) is 0 Å². The Morgan fingerprint density at radius 3 is 2.89 bits per heavy atom. The second kappa shape index (κ2) is 5.69. The average molecular weight is 282 g/mol. The molecule has 0 fully saturated rings. The zero-order valence-corrected chi connectivity index (χ0v) is 12.8. The summed E-state index contributed by atoms with van der Waals surface area (Å²) in [7, 11) is 0. The van der Waals surface area contributed by atoms with Gasteiger partial charge in [-0.25, -0.2) is 4.98 Å². The van der Waals surface area contributed by atoms with E-state index in [9.17, 15) is 4.55 Å². The van der Waals surface area contributed by atoms with Crippen molar-refractivity contribution < 1.29 is 9.29 Å². The Morgan fingerprint density at radius 2 is 2.26 bits per heavy atom. The van der Waals surface area contributed by atoms with E-state index in [0.717, 1.165) is 18.4 Å². The van der Waals surface area contributed by atoms with Gasteiger partial charge in [0.1, 0.15) is 4.75 Å². The summed E-state index contributed by atoms with van der Waals surface area (Å²) in [4.78, 5) is 4.35. The van der Waals surface area contributed by atoms with Gasteiger partial charge < -0.3 is 9.29 Å². The molecule has 106 valence electrons. The standard InChI is InChI=1S/C14H22N2O2S/c1-5-10-8-11-12(16-19(17)14(2,3)4)6-7-18-13(11)15-9-10/h8-9,12,16H,5-7H2,1-4H3/t12-,19?/m0/s1. The highest BCUT2D eigenvalue weighted by atomic mass is 32.2. The minimum atomic E-state index is -1.08. The number of nitrogens with zero attached hydrogens (tertiary/aromatic N) is 1. The van der Waals surface area contributed by atoms with Crippen LogP contribution in [0.3, 0.4) is 0 Å². The molecule has 2 heterocycles. The van der Waals surface area contributed by atoms with E-state index in [-0.39, 0.29) is 10.8 Å². The van der Waals surface area contributed by atoms with Crippen LogP contribution in [-0.4, -0.2) is 20.9 Å². The fourth-order valence-electron chi connectivity index (χ4n) is 1.94. The smallest absolute Gasteiger partial charge is 0.218 e. The second-order valence-electron chi connectivity index (χ2n) is 5.78. The number of ether oxygens (including phenoxy) is 1. The molecular weight excluding hydrogens is 260 g/mol. The first-order chi connectivity index (χ1) is 8.91. The Bertz CT molecular complexity index is 446. The lowest BCUT2D eigenvalue weighted by molar-refractivity contribution is 0.251. The molecule has 1 aromatic rings. The Balaban J connectivity index is 2.21. The number of fused-ring (bicyclic) bond motifs is 1. The molecule has 1 N–H and O–H groups in total. The highest BCUT2D eigenvalue weighted by Gasteiger charge is 2.32. The Labute approximate surface area is 118 Å². The number of rotatable bonds is 3. The van der Waals surface area contributed by atoms with Crippen molar-refractivity contribution in [3.05, 3.63) is 23.4 Å². The first-order valence-electron chi connectivity index (χ1n) is 6.71. The molecule has 1 aromatic heterocycles. The normalized spacial score (nSPS) is 20.6. The lowest BCUT2D eigenvalue weighted by Crippen LogP contribution is -2.42. The van der Waals surface area contributed by atoms with E-state index in [1.54, 1.807) is 0 Å². The fraction of sp³-hybridized carbons (Fsp3) is 0.643. The molecule has 1 aliphatic heterocycles. The van der Waals surface area contributed by atoms with Crippen molar-refractivity contribution in [2.75, 3.05) is 6.61 Å². The van der Waals surface area contributed by atoms with Crippen LogP contribution in [0.25, 0.3) is 0 Å². The van der Waals surface area contributed by atoms with Crippen LogP contribution in [0, 0.1) is 0 Å². The van der Waals surface area contributed by atoms with Crippen LogP contribution >= 0.6 is 0 Å². The summed E-state index contributed by atoms with van der Waals surface area (Å²) in [6.07, 6.45) is 3.61. The van der Waals surface area contributed by atoms with Crippen LogP contribution < -0.4 is 9.46 Å². The zero-order chi connectivity index (χ0) is 14.0. The number of aryl methyl sites for hydroxylation is 1. The predicted octanol–water partition coefficient (Wildman–Crippen LogP) is 2.52. The van der Waals surface area contributed by atoms with Crippen molar-refractivity contribution in [1.29, 1.82) is 0 Å². The number of aromatic nitrogens is 1. The van der Waals surface area contributed by atoms with E-state index in [1.165, 1.54) is 5.56 Å². The third kappa shape index (κ3) is 3.41. The van der Waals surface area contributed by atoms with Crippen molar-refractivity contribution in [3.8, 4) is 5.88 Å². The average Bonchev–Trinajstić information content (AvgIpc) is 2.37. The maximum atomic E-state index is 12.2. The van der Waals surface area contributed by atoms with Crippen LogP contribution in [0.2, 0.25) is 0 Å². The van der Waals surface area contributed by atoms with Crippen molar-refractivity contribution in [1.82, 2.24) is 9.71 Å². The maximum absolute atomic E-state index is 12.2. The minimum absolute atomic E-state index is 0.0582. The first-order valence-corrected chi connectivity index (χ1v) is 7.86. The van der Waals surface area contributed by atoms with Gasteiger partial charge in [-0.05, 0) is 38.8 Å². The summed E-state index contributed by atoms with van der Waals surface area (Å²) in [6, 6.07) is 2.17. The molecule has 0 aliphatic carbocycles. The molecule has 0 spiro atoms. The SMILES string of the molecule is CCc1cnc2c(c1)[C@@H](N[S+]([O-])C(C)(C)C)CCO2. The van der Waals surface area contributed by atoms with Crippen molar-refractivity contribution in [2.24, 2.45) is 0 Å². The van der Waals surface area contributed by atoms with Gasteiger partial charge in [-0.15, -0.1) is 4.72 Å². The molecule has 4 nitrogen and oxygen atoms in total. The highest BCUT2D eigenvalue weighted by molar-refractivity contribution is 7.90. The van der Waals surface area contributed by atoms with Crippen LogP contribution in [0.15, 0.2) is 12.3 Å². The van der Waals surface area contributed by atoms with Crippen LogP contribution in [0.4, 0.5) is 0 Å². The summed E-state index contributed by atoms with van der Waals surface area (Å²) in [6.45, 7) is 8.62. The molecule has 0 aromatic carbocycles. The van der Waals surface area contributed by atoms with Gasteiger partial charge in [0.25, 0.3) is 0 Å². The molecule has 0 bridgehead atoms. The third-order valence-corrected chi connectivity index (χ3v) is 4.78. The summed E-state index contributed by atoms with van der Waals surface area (Å²) >= 11 is -1.08. The van der Waals surface area contributed by atoms with Crippen molar-refractivity contribution in [3.63, 3.8) is 0 Å². The van der Waals surface area contributed by atoms with Gasteiger partial charge in [0, 0.05) is 29.5 Å². The minimum Gasteiger partial charge on any atom is -0.598 e. The monoisotopic (exact) mass is 282 g/mol. The van der Waals surface area contributed by atoms with Crippen molar-refractivity contribution in [2.45, 2.75) is 51.3 Å². The molecule has 5 heteroatoms. The van der Waals surface area contributed by atoms with Crippen molar-refractivity contribution >= 4 is 11.4 Å². The largest absolute Gasteiger partial charge is 0.598 e. The number of hydrogen-bond donors (Lipinski definition) is 1. The predicted molar refractivity (Wildman–Crippen MR) is 77.5 cm³/mol. The Hall–Kier alpha value is -0.780. The third-order valence-electron chi connectivity index (χ3n) is 3.17. The molecule has 1 unspecified atom stereocenters. The summed E-state index contributed by atoms with van der Waals surface area (Å²) in [5.41, 5.74) is 2.21. The molecule has 2 rings (SSSR count). The van der Waals surface area contributed by atoms with Crippen LogP contribution in [0.5, 0.6) is 5.88 Å². The Morgan fingerprint density at radius 1 is 1.53 bits per heavy atom. The van der Waals surface area contributed by atoms with E-state index in [4.69, 9.17) is 4.74 Å². The molecule has 0 amide bonds. The van der Waals surface area contributed by atoms with E-state index < -0.39 is 11.4 Å². The van der Waals surface area contributed by atoms with Gasteiger partial charge in [-0.1, -0.05) is 6.92 Å². The first kappa shape index (κ1) is 14.6. The fourth-order valence-corrected chi connectivity index (χ4v) is 2.79. The van der Waals surface area contributed by atoms with Gasteiger partial charge >= 0.3 is 0 Å². The van der Waals surface area contributed by atoms with E-state index in [0.29, 0.717) is 12.5 Å². The zero-order valence-electron chi connectivity index (χ0n) is 12.0. The molecule has 2 atom stereocenters. The van der Waals surface area contributed by atoms with Gasteiger partial charge in [-0.2, -0.15) is 0 Å². The summed E-state index contributed by atoms with van der Waals surface area (Å²) < 4.78 is 20.8. The van der Waals surface area contributed by atoms with Crippen LogP contribution in [-0.2, 0) is 17.8 Å².